The number of carbonyl (C=O) groups is 1. The van der Waals surface area contributed by atoms with E-state index in [1.54, 1.807) is 13.1 Å². The summed E-state index contributed by atoms with van der Waals surface area (Å²) in [6.45, 7) is 3.21. The lowest BCUT2D eigenvalue weighted by Gasteiger charge is -2.22. The van der Waals surface area contributed by atoms with Crippen LogP contribution in [0.3, 0.4) is 0 Å². The number of halogens is 1. The Morgan fingerprint density at radius 3 is 2.83 bits per heavy atom. The van der Waals surface area contributed by atoms with Crippen LogP contribution in [0, 0.1) is 0 Å². The minimum atomic E-state index is 0.00761. The van der Waals surface area contributed by atoms with E-state index in [4.69, 9.17) is 21.1 Å². The average molecular weight is 270 g/mol. The molecule has 1 aromatic carbocycles. The van der Waals surface area contributed by atoms with Crippen molar-refractivity contribution >= 4 is 17.4 Å². The van der Waals surface area contributed by atoms with E-state index in [-0.39, 0.29) is 12.3 Å². The smallest absolute Gasteiger partial charge is 0.180 e. The lowest BCUT2D eigenvalue weighted by molar-refractivity contribution is 0.0991. The summed E-state index contributed by atoms with van der Waals surface area (Å²) in [6, 6.07) is 1.74. The molecule has 0 fully saturated rings. The summed E-state index contributed by atoms with van der Waals surface area (Å²) < 4.78 is 11.0. The number of carbonyl (C=O) groups excluding carboxylic acids is 1. The molecular weight excluding hydrogens is 254 g/mol. The molecule has 1 aromatic rings. The van der Waals surface area contributed by atoms with Gasteiger partial charge in [-0.25, -0.2) is 0 Å². The Kier molecular flexibility index (Phi) is 4.09. The summed E-state index contributed by atoms with van der Waals surface area (Å²) in [5.74, 6) is 1.12. The zero-order chi connectivity index (χ0) is 13.1. The topological polar surface area (TPSA) is 47.6 Å². The van der Waals surface area contributed by atoms with Crippen LogP contribution in [0.2, 0.25) is 5.02 Å². The summed E-state index contributed by atoms with van der Waals surface area (Å²) in [6.07, 6.45) is 0.681. The molecule has 0 aliphatic carbocycles. The summed E-state index contributed by atoms with van der Waals surface area (Å²) >= 11 is 6.30. The fourth-order valence-electron chi connectivity index (χ4n) is 2.03. The minimum absolute atomic E-state index is 0.00761. The third-order valence-corrected chi connectivity index (χ3v) is 3.27. The molecule has 1 heterocycles. The predicted molar refractivity (Wildman–Crippen MR) is 70.1 cm³/mol. The molecule has 0 bridgehead atoms. The lowest BCUT2D eigenvalue weighted by Crippen LogP contribution is -2.22. The molecule has 1 N–H and O–H groups in total. The van der Waals surface area contributed by atoms with Gasteiger partial charge in [-0.1, -0.05) is 18.5 Å². The first kappa shape index (κ1) is 13.2. The standard InChI is InChI=1S/C13H16ClNO3/c1-3-8-9(10(16)7-15-2)6-11-13(12(8)14)18-5-4-17-11/h6,15H,3-5,7H2,1-2H3. The highest BCUT2D eigenvalue weighted by Gasteiger charge is 2.23. The monoisotopic (exact) mass is 269 g/mol. The normalized spacial score (nSPS) is 13.5. The molecule has 2 rings (SSSR count). The van der Waals surface area contributed by atoms with Crippen LogP contribution in [0.5, 0.6) is 11.5 Å². The Morgan fingerprint density at radius 1 is 1.44 bits per heavy atom. The molecule has 4 nitrogen and oxygen atoms in total. The first-order chi connectivity index (χ1) is 8.69. The molecule has 5 heteroatoms. The summed E-state index contributed by atoms with van der Waals surface area (Å²) in [5.41, 5.74) is 1.43. The van der Waals surface area contributed by atoms with Gasteiger partial charge in [-0.3, -0.25) is 4.79 Å². The van der Waals surface area contributed by atoms with E-state index in [0.29, 0.717) is 41.7 Å². The molecule has 0 aromatic heterocycles. The molecular formula is C13H16ClNO3. The second kappa shape index (κ2) is 5.59. The number of hydrogen-bond acceptors (Lipinski definition) is 4. The van der Waals surface area contributed by atoms with Gasteiger partial charge in [0.1, 0.15) is 13.2 Å². The largest absolute Gasteiger partial charge is 0.486 e. The van der Waals surface area contributed by atoms with E-state index in [2.05, 4.69) is 5.32 Å². The predicted octanol–water partition coefficient (Wildman–Crippen LogP) is 2.08. The average Bonchev–Trinajstić information content (AvgIpc) is 2.39. The first-order valence-electron chi connectivity index (χ1n) is 5.97. The number of Topliss-reactive ketones (excluding diaryl/α,β-unsaturated/α-hetero) is 1. The number of benzene rings is 1. The maximum Gasteiger partial charge on any atom is 0.180 e. The van der Waals surface area contributed by atoms with Gasteiger partial charge < -0.3 is 14.8 Å². The lowest BCUT2D eigenvalue weighted by atomic mass is 10.00. The third-order valence-electron chi connectivity index (χ3n) is 2.87. The second-order valence-corrected chi connectivity index (χ2v) is 4.43. The third kappa shape index (κ3) is 2.31. The van der Waals surface area contributed by atoms with Gasteiger partial charge in [0.25, 0.3) is 0 Å². The van der Waals surface area contributed by atoms with Crippen molar-refractivity contribution < 1.29 is 14.3 Å². The van der Waals surface area contributed by atoms with Crippen molar-refractivity contribution in [3.8, 4) is 11.5 Å². The zero-order valence-corrected chi connectivity index (χ0v) is 11.3. The van der Waals surface area contributed by atoms with Gasteiger partial charge in [-0.05, 0) is 25.1 Å². The van der Waals surface area contributed by atoms with Crippen molar-refractivity contribution in [1.29, 1.82) is 0 Å². The van der Waals surface area contributed by atoms with Gasteiger partial charge in [0.2, 0.25) is 0 Å². The van der Waals surface area contributed by atoms with Gasteiger partial charge >= 0.3 is 0 Å². The highest BCUT2D eigenvalue weighted by Crippen LogP contribution is 2.41. The number of likely N-dealkylation sites (N-methyl/N-ethyl adjacent to an activating group) is 1. The van der Waals surface area contributed by atoms with E-state index >= 15 is 0 Å². The molecule has 0 unspecified atom stereocenters. The van der Waals surface area contributed by atoms with Crippen LogP contribution in [0.25, 0.3) is 0 Å². The quantitative estimate of drug-likeness (QED) is 0.850. The molecule has 0 saturated carbocycles. The highest BCUT2D eigenvalue weighted by atomic mass is 35.5. The zero-order valence-electron chi connectivity index (χ0n) is 10.5. The van der Waals surface area contributed by atoms with Crippen molar-refractivity contribution in [2.45, 2.75) is 13.3 Å². The van der Waals surface area contributed by atoms with E-state index < -0.39 is 0 Å². The Hall–Kier alpha value is -1.26. The van der Waals surface area contributed by atoms with Gasteiger partial charge in [0.05, 0.1) is 11.6 Å². The first-order valence-corrected chi connectivity index (χ1v) is 6.35. The fraction of sp³-hybridized carbons (Fsp3) is 0.462. The van der Waals surface area contributed by atoms with Crippen molar-refractivity contribution in [3.05, 3.63) is 22.2 Å². The molecule has 0 amide bonds. The highest BCUT2D eigenvalue weighted by molar-refractivity contribution is 6.33. The van der Waals surface area contributed by atoms with Gasteiger partial charge in [0, 0.05) is 5.56 Å². The molecule has 1 aliphatic rings. The number of nitrogens with one attached hydrogen (secondary N) is 1. The summed E-state index contributed by atoms with van der Waals surface area (Å²) in [5, 5.41) is 3.35. The minimum Gasteiger partial charge on any atom is -0.486 e. The van der Waals surface area contributed by atoms with Crippen molar-refractivity contribution in [3.63, 3.8) is 0 Å². The van der Waals surface area contributed by atoms with E-state index in [1.165, 1.54) is 0 Å². The van der Waals surface area contributed by atoms with E-state index in [1.807, 2.05) is 6.92 Å². The van der Waals surface area contributed by atoms with Crippen molar-refractivity contribution in [2.75, 3.05) is 26.8 Å². The Morgan fingerprint density at radius 2 is 2.17 bits per heavy atom. The number of ether oxygens (including phenoxy) is 2. The second-order valence-electron chi connectivity index (χ2n) is 4.05. The van der Waals surface area contributed by atoms with Crippen LogP contribution < -0.4 is 14.8 Å². The van der Waals surface area contributed by atoms with Crippen LogP contribution >= 0.6 is 11.6 Å². The van der Waals surface area contributed by atoms with Gasteiger partial charge in [-0.15, -0.1) is 0 Å². The van der Waals surface area contributed by atoms with E-state index in [0.717, 1.165) is 5.56 Å². The van der Waals surface area contributed by atoms with Gasteiger partial charge in [0.15, 0.2) is 17.3 Å². The number of hydrogen-bond donors (Lipinski definition) is 1. The number of ketones is 1. The fourth-order valence-corrected chi connectivity index (χ4v) is 2.42. The summed E-state index contributed by atoms with van der Waals surface area (Å²) in [7, 11) is 1.74. The maximum atomic E-state index is 12.0. The molecule has 0 saturated heterocycles. The number of fused-ring (bicyclic) bond motifs is 1. The SMILES string of the molecule is CCc1c(C(=O)CNC)cc2c(c1Cl)OCCO2. The Labute approximate surface area is 111 Å². The van der Waals surface area contributed by atoms with Crippen molar-refractivity contribution in [2.24, 2.45) is 0 Å². The molecule has 18 heavy (non-hydrogen) atoms. The van der Waals surface area contributed by atoms with Crippen LogP contribution in [0.4, 0.5) is 0 Å². The van der Waals surface area contributed by atoms with Crippen LogP contribution in [0.1, 0.15) is 22.8 Å². The summed E-state index contributed by atoms with van der Waals surface area (Å²) in [4.78, 5) is 12.0. The Balaban J connectivity index is 2.52. The van der Waals surface area contributed by atoms with Crippen LogP contribution in [0.15, 0.2) is 6.07 Å². The molecule has 1 aliphatic heterocycles. The number of rotatable bonds is 4. The molecule has 0 radical (unpaired) electrons. The van der Waals surface area contributed by atoms with Crippen molar-refractivity contribution in [1.82, 2.24) is 5.32 Å². The molecule has 98 valence electrons. The Bertz CT molecular complexity index is 474. The molecule has 0 spiro atoms. The maximum absolute atomic E-state index is 12.0. The van der Waals surface area contributed by atoms with E-state index in [9.17, 15) is 4.79 Å². The van der Waals surface area contributed by atoms with Gasteiger partial charge in [-0.2, -0.15) is 0 Å². The van der Waals surface area contributed by atoms with Crippen LogP contribution in [-0.4, -0.2) is 32.6 Å². The molecule has 0 atom stereocenters. The van der Waals surface area contributed by atoms with Crippen LogP contribution in [-0.2, 0) is 6.42 Å².